The van der Waals surface area contributed by atoms with E-state index >= 15 is 0 Å². The van der Waals surface area contributed by atoms with Crippen molar-refractivity contribution in [1.29, 1.82) is 0 Å². The molecule has 0 aliphatic heterocycles. The first-order valence-electron chi connectivity index (χ1n) is 5.96. The zero-order valence-corrected chi connectivity index (χ0v) is 10.6. The maximum absolute atomic E-state index is 6.03. The molecule has 1 aromatic carbocycles. The number of rotatable bonds is 3. The topological polar surface area (TPSA) is 66.0 Å². The third kappa shape index (κ3) is 1.94. The van der Waals surface area contributed by atoms with Crippen LogP contribution in [0.25, 0.3) is 16.7 Å². The van der Waals surface area contributed by atoms with Gasteiger partial charge in [-0.15, -0.1) is 0 Å². The smallest absolute Gasteiger partial charge is 0.205 e. The first kappa shape index (κ1) is 11.7. The number of hydrogen-bond acceptors (Lipinski definition) is 4. The molecule has 19 heavy (non-hydrogen) atoms. The van der Waals surface area contributed by atoms with Gasteiger partial charge < -0.3 is 10.5 Å². The molecule has 0 saturated heterocycles. The summed E-state index contributed by atoms with van der Waals surface area (Å²) in [7, 11) is 1.68. The number of nitrogens with zero attached hydrogens (tertiary/aromatic N) is 3. The summed E-state index contributed by atoms with van der Waals surface area (Å²) >= 11 is 0. The third-order valence-corrected chi connectivity index (χ3v) is 3.02. The molecule has 0 aliphatic rings. The van der Waals surface area contributed by atoms with Crippen LogP contribution in [0.2, 0.25) is 0 Å². The van der Waals surface area contributed by atoms with Gasteiger partial charge >= 0.3 is 0 Å². The standard InChI is InChI=1S/C14H14N4O/c1-19-9-10-4-2-3-5-12(10)18-13-6-7-16-8-11(13)17-14(18)15/h2-8H,9H2,1H3,(H2,15,17). The van der Waals surface area contributed by atoms with Crippen molar-refractivity contribution in [1.82, 2.24) is 14.5 Å². The molecule has 2 aromatic heterocycles. The van der Waals surface area contributed by atoms with Crippen molar-refractivity contribution >= 4 is 17.0 Å². The zero-order valence-electron chi connectivity index (χ0n) is 10.6. The van der Waals surface area contributed by atoms with Gasteiger partial charge in [-0.25, -0.2) is 4.98 Å². The number of hydrogen-bond donors (Lipinski definition) is 1. The average molecular weight is 254 g/mol. The summed E-state index contributed by atoms with van der Waals surface area (Å²) in [5.74, 6) is 0.451. The fourth-order valence-corrected chi connectivity index (χ4v) is 2.21. The lowest BCUT2D eigenvalue weighted by Crippen LogP contribution is -2.04. The maximum Gasteiger partial charge on any atom is 0.205 e. The van der Waals surface area contributed by atoms with Gasteiger partial charge in [0.25, 0.3) is 0 Å². The summed E-state index contributed by atoms with van der Waals surface area (Å²) in [5, 5.41) is 0. The van der Waals surface area contributed by atoms with E-state index in [1.54, 1.807) is 19.5 Å². The van der Waals surface area contributed by atoms with Crippen molar-refractivity contribution in [3.05, 3.63) is 48.3 Å². The Morgan fingerprint density at radius 2 is 2.11 bits per heavy atom. The van der Waals surface area contributed by atoms with Crippen LogP contribution < -0.4 is 5.73 Å². The normalized spacial score (nSPS) is 11.0. The Kier molecular flexibility index (Phi) is 2.89. The highest BCUT2D eigenvalue weighted by Crippen LogP contribution is 2.24. The van der Waals surface area contributed by atoms with E-state index in [2.05, 4.69) is 9.97 Å². The van der Waals surface area contributed by atoms with Crippen molar-refractivity contribution in [2.75, 3.05) is 12.8 Å². The fraction of sp³-hybridized carbons (Fsp3) is 0.143. The molecule has 5 heteroatoms. The number of methoxy groups -OCH3 is 1. The minimum Gasteiger partial charge on any atom is -0.380 e. The number of benzene rings is 1. The number of para-hydroxylation sites is 1. The van der Waals surface area contributed by atoms with Gasteiger partial charge in [0.05, 0.1) is 24.0 Å². The Bertz CT molecular complexity index is 720. The van der Waals surface area contributed by atoms with Gasteiger partial charge in [0.15, 0.2) is 0 Å². The highest BCUT2D eigenvalue weighted by Gasteiger charge is 2.12. The molecule has 96 valence electrons. The summed E-state index contributed by atoms with van der Waals surface area (Å²) < 4.78 is 7.15. The summed E-state index contributed by atoms with van der Waals surface area (Å²) in [5.41, 5.74) is 9.80. The van der Waals surface area contributed by atoms with E-state index in [0.717, 1.165) is 22.3 Å². The minimum absolute atomic E-state index is 0.451. The van der Waals surface area contributed by atoms with E-state index in [1.807, 2.05) is 34.9 Å². The summed E-state index contributed by atoms with van der Waals surface area (Å²) in [6.07, 6.45) is 3.44. The molecule has 0 atom stereocenters. The number of aromatic nitrogens is 3. The van der Waals surface area contributed by atoms with Crippen molar-refractivity contribution in [3.63, 3.8) is 0 Å². The zero-order chi connectivity index (χ0) is 13.2. The molecular weight excluding hydrogens is 240 g/mol. The number of ether oxygens (including phenoxy) is 1. The van der Waals surface area contributed by atoms with E-state index in [4.69, 9.17) is 10.5 Å². The molecule has 0 amide bonds. The second-order valence-electron chi connectivity index (χ2n) is 4.23. The molecule has 3 rings (SSSR count). The molecule has 0 bridgehead atoms. The number of imidazole rings is 1. The minimum atomic E-state index is 0.451. The van der Waals surface area contributed by atoms with Crippen LogP contribution in [0.3, 0.4) is 0 Å². The van der Waals surface area contributed by atoms with Crippen molar-refractivity contribution in [2.45, 2.75) is 6.61 Å². The van der Waals surface area contributed by atoms with E-state index in [1.165, 1.54) is 0 Å². The van der Waals surface area contributed by atoms with Gasteiger partial charge in [0.2, 0.25) is 5.95 Å². The van der Waals surface area contributed by atoms with Crippen molar-refractivity contribution in [3.8, 4) is 5.69 Å². The first-order chi connectivity index (χ1) is 9.31. The van der Waals surface area contributed by atoms with Crippen LogP contribution in [0.15, 0.2) is 42.7 Å². The van der Waals surface area contributed by atoms with E-state index in [9.17, 15) is 0 Å². The number of nitrogen functional groups attached to an aromatic ring is 1. The van der Waals surface area contributed by atoms with Crippen molar-refractivity contribution in [2.24, 2.45) is 0 Å². The van der Waals surface area contributed by atoms with Gasteiger partial charge in [0, 0.05) is 18.9 Å². The Balaban J connectivity index is 2.27. The summed E-state index contributed by atoms with van der Waals surface area (Å²) in [6.45, 7) is 0.528. The van der Waals surface area contributed by atoms with Crippen LogP contribution >= 0.6 is 0 Å². The molecule has 0 unspecified atom stereocenters. The van der Waals surface area contributed by atoms with Crippen LogP contribution in [0, 0.1) is 0 Å². The monoisotopic (exact) mass is 254 g/mol. The molecule has 2 N–H and O–H groups in total. The molecule has 0 aliphatic carbocycles. The predicted octanol–water partition coefficient (Wildman–Crippen LogP) is 2.15. The third-order valence-electron chi connectivity index (χ3n) is 3.02. The lowest BCUT2D eigenvalue weighted by Gasteiger charge is -2.11. The fourth-order valence-electron chi connectivity index (χ4n) is 2.21. The lowest BCUT2D eigenvalue weighted by atomic mass is 10.2. The molecule has 0 spiro atoms. The molecule has 0 fully saturated rings. The SMILES string of the molecule is COCc1ccccc1-n1c(N)nc2cnccc21. The Morgan fingerprint density at radius 3 is 2.95 bits per heavy atom. The van der Waals surface area contributed by atoms with Crippen LogP contribution in [0.4, 0.5) is 5.95 Å². The van der Waals surface area contributed by atoms with E-state index in [0.29, 0.717) is 12.6 Å². The largest absolute Gasteiger partial charge is 0.380 e. The van der Waals surface area contributed by atoms with Gasteiger partial charge in [-0.1, -0.05) is 18.2 Å². The summed E-state index contributed by atoms with van der Waals surface area (Å²) in [6, 6.07) is 9.88. The molecule has 2 heterocycles. The van der Waals surface area contributed by atoms with Gasteiger partial charge in [-0.3, -0.25) is 9.55 Å². The number of nitrogens with two attached hydrogens (primary N) is 1. The van der Waals surface area contributed by atoms with Crippen LogP contribution in [0.1, 0.15) is 5.56 Å². The van der Waals surface area contributed by atoms with Crippen molar-refractivity contribution < 1.29 is 4.74 Å². The van der Waals surface area contributed by atoms with Gasteiger partial charge in [-0.2, -0.15) is 0 Å². The quantitative estimate of drug-likeness (QED) is 0.777. The molecule has 5 nitrogen and oxygen atoms in total. The number of fused-ring (bicyclic) bond motifs is 1. The molecular formula is C14H14N4O. The van der Waals surface area contributed by atoms with Crippen LogP contribution in [0.5, 0.6) is 0 Å². The number of anilines is 1. The lowest BCUT2D eigenvalue weighted by molar-refractivity contribution is 0.185. The number of pyridine rings is 1. The van der Waals surface area contributed by atoms with E-state index < -0.39 is 0 Å². The predicted molar refractivity (Wildman–Crippen MR) is 74.0 cm³/mol. The highest BCUT2D eigenvalue weighted by molar-refractivity contribution is 5.80. The first-order valence-corrected chi connectivity index (χ1v) is 5.96. The summed E-state index contributed by atoms with van der Waals surface area (Å²) in [4.78, 5) is 8.39. The molecule has 3 aromatic rings. The Labute approximate surface area is 110 Å². The maximum atomic E-state index is 6.03. The molecule has 0 radical (unpaired) electrons. The Hall–Kier alpha value is -2.40. The second kappa shape index (κ2) is 4.70. The molecule has 0 saturated carbocycles. The Morgan fingerprint density at radius 1 is 1.26 bits per heavy atom. The van der Waals surface area contributed by atoms with Crippen LogP contribution in [-0.4, -0.2) is 21.6 Å². The van der Waals surface area contributed by atoms with Gasteiger partial charge in [-0.05, 0) is 12.1 Å². The van der Waals surface area contributed by atoms with Gasteiger partial charge in [0.1, 0.15) is 5.52 Å². The average Bonchev–Trinajstić information content (AvgIpc) is 2.76. The highest BCUT2D eigenvalue weighted by atomic mass is 16.5. The second-order valence-corrected chi connectivity index (χ2v) is 4.23. The van der Waals surface area contributed by atoms with Crippen LogP contribution in [-0.2, 0) is 11.3 Å². The van der Waals surface area contributed by atoms with E-state index in [-0.39, 0.29) is 0 Å².